The molecule has 8 heterocycles. The normalized spacial score (nSPS) is 17.9. The molecule has 588 valence electrons. The van der Waals surface area contributed by atoms with Crippen LogP contribution in [0.15, 0.2) is 437 Å². The second-order valence-corrected chi connectivity index (χ2v) is 41.8. The first-order valence-electron chi connectivity index (χ1n) is 41.7. The van der Waals surface area contributed by atoms with Gasteiger partial charge in [0.1, 0.15) is 0 Å². The Morgan fingerprint density at radius 3 is 0.565 bits per heavy atom. The molecule has 4 aliphatic rings. The standard InChI is InChI=1S/C66H44N4O2P2.C42H28N4O2P2/c71-73(55-39-49(45-21-7-1-8-22-45)37-50(40-55)46-23-9-2-10-24-46)67(53-29-15-5-16-30-53)61-35-19-33-57-59-44-64-60(43-63(59)69(73)65(57)61)58-34-20-36-62-66(58)70(64)74(72,68(62)54-31-17-6-18-32-54)56-41-51(47-25-11-3-12-26-47)38-52(42-56)48-27-13-4-14-28-48;47-49(31-19-9-3-10-20-31)43(29-15-5-1-6-16-29)37-25-13-23-33-35-28-40-36(27-39(35)45(49)41(33)37)34-24-14-26-38-42(34)46(40)50(48,32-21-11-4-12-22-32)44(38)30-17-7-2-8-18-30/h1-44H;1-28H. The smallest absolute Gasteiger partial charge is 0.270 e. The highest BCUT2D eigenvalue weighted by Gasteiger charge is 2.52. The fraction of sp³-hybridized carbons (Fsp3) is 0. The lowest BCUT2D eigenvalue weighted by molar-refractivity contribution is 0.577. The Morgan fingerprint density at radius 1 is 0.153 bits per heavy atom. The number of hydrogen-bond acceptors (Lipinski definition) is 4. The highest BCUT2D eigenvalue weighted by atomic mass is 31.2. The van der Waals surface area contributed by atoms with E-state index in [0.717, 1.165) is 198 Å². The Bertz CT molecular complexity index is 7780. The van der Waals surface area contributed by atoms with Crippen LogP contribution in [0.2, 0.25) is 0 Å². The molecule has 26 rings (SSSR count). The first-order valence-corrected chi connectivity index (χ1v) is 48.1. The molecule has 0 amide bonds. The molecule has 0 bridgehead atoms. The molecule has 0 saturated heterocycles. The van der Waals surface area contributed by atoms with Crippen LogP contribution in [0.5, 0.6) is 0 Å². The van der Waals surface area contributed by atoms with Gasteiger partial charge in [-0.05, 0) is 202 Å². The molecule has 0 fully saturated rings. The second kappa shape index (κ2) is 27.4. The fourth-order valence-corrected chi connectivity index (χ4v) is 32.5. The van der Waals surface area contributed by atoms with Crippen molar-refractivity contribution >= 4 is 184 Å². The second-order valence-electron chi connectivity index (χ2n) is 32.2. The van der Waals surface area contributed by atoms with E-state index in [1.54, 1.807) is 0 Å². The highest BCUT2D eigenvalue weighted by Crippen LogP contribution is 2.72. The third-order valence-corrected chi connectivity index (χ3v) is 37.0. The number of rotatable bonds is 12. The molecule has 4 aromatic heterocycles. The number of benzene rings is 18. The van der Waals surface area contributed by atoms with Gasteiger partial charge in [-0.2, -0.15) is 0 Å². The molecule has 0 saturated carbocycles. The summed E-state index contributed by atoms with van der Waals surface area (Å²) in [6.45, 7) is 0. The number of nitrogens with zero attached hydrogens (tertiary/aromatic N) is 8. The van der Waals surface area contributed by atoms with Crippen LogP contribution in [0, 0.1) is 0 Å². The first kappa shape index (κ1) is 72.1. The molecule has 0 aliphatic carbocycles. The minimum Gasteiger partial charge on any atom is -0.270 e. The van der Waals surface area contributed by atoms with Gasteiger partial charge in [-0.3, -0.25) is 54.3 Å². The molecule has 124 heavy (non-hydrogen) atoms. The van der Waals surface area contributed by atoms with E-state index in [2.05, 4.69) is 281 Å². The number of hydrogen-bond donors (Lipinski definition) is 0. The van der Waals surface area contributed by atoms with E-state index < -0.39 is 29.8 Å². The average molecular weight is 1670 g/mol. The summed E-state index contributed by atoms with van der Waals surface area (Å²) in [6, 6.07) is 149. The average Bonchev–Trinajstić information content (AvgIpc) is 1.50. The lowest BCUT2D eigenvalue weighted by Crippen LogP contribution is -2.23. The highest BCUT2D eigenvalue weighted by molar-refractivity contribution is 7.74. The molecule has 18 aromatic carbocycles. The van der Waals surface area contributed by atoms with Crippen LogP contribution in [-0.4, -0.2) is 17.4 Å². The molecule has 4 aliphatic heterocycles. The molecule has 0 radical (unpaired) electrons. The van der Waals surface area contributed by atoms with Crippen molar-refractivity contribution in [2.45, 2.75) is 0 Å². The van der Waals surface area contributed by atoms with E-state index >= 15 is 18.3 Å². The van der Waals surface area contributed by atoms with Crippen LogP contribution in [-0.2, 0) is 18.3 Å². The van der Waals surface area contributed by atoms with Crippen LogP contribution < -0.4 is 39.9 Å². The summed E-state index contributed by atoms with van der Waals surface area (Å²) in [5.74, 6) is 0. The number of anilines is 8. The van der Waals surface area contributed by atoms with Crippen LogP contribution in [0.1, 0.15) is 0 Å². The zero-order chi connectivity index (χ0) is 82.3. The van der Waals surface area contributed by atoms with Gasteiger partial charge in [0.05, 0.1) is 88.1 Å². The lowest BCUT2D eigenvalue weighted by atomic mass is 9.99. The summed E-state index contributed by atoms with van der Waals surface area (Å²) in [7, 11) is -14.7. The molecular weight excluding hydrogens is 1600 g/mol. The van der Waals surface area contributed by atoms with Gasteiger partial charge in [0.2, 0.25) is 0 Å². The maximum atomic E-state index is 17.6. The maximum absolute atomic E-state index is 17.6. The quantitative estimate of drug-likeness (QED) is 0.112. The molecule has 4 atom stereocenters. The van der Waals surface area contributed by atoms with Crippen LogP contribution >= 0.6 is 29.8 Å². The summed E-state index contributed by atoms with van der Waals surface area (Å²) in [5, 5.41) is 10.8. The van der Waals surface area contributed by atoms with E-state index in [4.69, 9.17) is 0 Å². The van der Waals surface area contributed by atoms with E-state index in [0.29, 0.717) is 0 Å². The minimum atomic E-state index is -3.84. The third kappa shape index (κ3) is 10.2. The third-order valence-electron chi connectivity index (χ3n) is 25.4. The van der Waals surface area contributed by atoms with Crippen molar-refractivity contribution in [2.75, 3.05) is 18.7 Å². The van der Waals surface area contributed by atoms with E-state index in [9.17, 15) is 0 Å². The van der Waals surface area contributed by atoms with Crippen molar-refractivity contribution in [1.82, 2.24) is 17.4 Å². The van der Waals surface area contributed by atoms with Gasteiger partial charge in [-0.25, -0.2) is 0 Å². The van der Waals surface area contributed by atoms with E-state index in [1.165, 1.54) is 0 Å². The largest absolute Gasteiger partial charge is 0.301 e. The Balaban J connectivity index is 0.000000146. The molecule has 4 unspecified atom stereocenters. The van der Waals surface area contributed by atoms with E-state index in [1.807, 2.05) is 191 Å². The van der Waals surface area contributed by atoms with Crippen LogP contribution in [0.25, 0.3) is 132 Å². The SMILES string of the molecule is O=P1(c2cc(-c3ccccc3)cc(-c3ccccc3)c2)N(c2ccccc2)c2cccc3c4cc5c(cc4n1c23)c1cccc2c1n5P(=O)(c1cc(-c3ccccc3)cc(-c3ccccc3)c1)N2c1ccccc1.O=P1(c2ccccc2)N(c2ccccc2)c2cccc3c4cc5c(cc4n1c23)c1cccc2c1n5P(=O)(c1ccccc1)N2c1ccccc1. The lowest BCUT2D eigenvalue weighted by Gasteiger charge is -2.31. The number of fused-ring (bicyclic) bond motifs is 12. The number of aromatic nitrogens is 4. The fourth-order valence-electron chi connectivity index (χ4n) is 20.2. The molecule has 12 nitrogen and oxygen atoms in total. The van der Waals surface area contributed by atoms with E-state index in [-0.39, 0.29) is 0 Å². The topological polar surface area (TPSA) is 101 Å². The Kier molecular flexibility index (Phi) is 15.9. The van der Waals surface area contributed by atoms with Crippen molar-refractivity contribution in [2.24, 2.45) is 0 Å². The monoisotopic (exact) mass is 1670 g/mol. The Hall–Kier alpha value is -14.7. The summed E-state index contributed by atoms with van der Waals surface area (Å²) in [5.41, 5.74) is 22.3. The summed E-state index contributed by atoms with van der Waals surface area (Å²) in [6.07, 6.45) is 0. The van der Waals surface area contributed by atoms with Crippen molar-refractivity contribution in [3.63, 3.8) is 0 Å². The molecule has 16 heteroatoms. The van der Waals surface area contributed by atoms with Gasteiger partial charge in [-0.1, -0.05) is 279 Å². The van der Waals surface area contributed by atoms with Gasteiger partial charge >= 0.3 is 29.8 Å². The number of para-hydroxylation sites is 8. The minimum absolute atomic E-state index is 0.720. The van der Waals surface area contributed by atoms with Crippen LogP contribution in [0.3, 0.4) is 0 Å². The van der Waals surface area contributed by atoms with Gasteiger partial charge < -0.3 is 0 Å². The Morgan fingerprint density at radius 2 is 0.347 bits per heavy atom. The van der Waals surface area contributed by atoms with Crippen molar-refractivity contribution < 1.29 is 18.3 Å². The summed E-state index contributed by atoms with van der Waals surface area (Å²) >= 11 is 0. The predicted octanol–water partition coefficient (Wildman–Crippen LogP) is 28.5. The Labute approximate surface area is 714 Å². The molecule has 0 N–H and O–H groups in total. The van der Waals surface area contributed by atoms with Gasteiger partial charge in [-0.15, -0.1) is 0 Å². The van der Waals surface area contributed by atoms with Gasteiger partial charge in [0, 0.05) is 65.8 Å². The van der Waals surface area contributed by atoms with Crippen molar-refractivity contribution in [3.05, 3.63) is 437 Å². The molecule has 0 spiro atoms. The maximum Gasteiger partial charge on any atom is 0.301 e. The van der Waals surface area contributed by atoms with Crippen molar-refractivity contribution in [1.29, 1.82) is 0 Å². The zero-order valence-electron chi connectivity index (χ0n) is 66.6. The molecule has 22 aromatic rings. The predicted molar refractivity (Wildman–Crippen MR) is 517 cm³/mol. The zero-order valence-corrected chi connectivity index (χ0v) is 70.1. The van der Waals surface area contributed by atoms with Crippen LogP contribution in [0.4, 0.5) is 45.5 Å². The summed E-state index contributed by atoms with van der Waals surface area (Å²) < 4.78 is 84.2. The van der Waals surface area contributed by atoms with Crippen molar-refractivity contribution in [3.8, 4) is 44.5 Å². The first-order chi connectivity index (χ1) is 61.1. The molecular formula is C108H72N8O4P4. The van der Waals surface area contributed by atoms with Gasteiger partial charge in [0.15, 0.2) is 0 Å². The summed E-state index contributed by atoms with van der Waals surface area (Å²) in [4.78, 5) is 0. The van der Waals surface area contributed by atoms with Gasteiger partial charge in [0.25, 0.3) is 0 Å².